The summed E-state index contributed by atoms with van der Waals surface area (Å²) in [5, 5.41) is 5.43. The van der Waals surface area contributed by atoms with Crippen LogP contribution in [0.5, 0.6) is 0 Å². The van der Waals surface area contributed by atoms with Gasteiger partial charge in [-0.3, -0.25) is 4.79 Å². The van der Waals surface area contributed by atoms with Gasteiger partial charge in [-0.1, -0.05) is 0 Å². The minimum Gasteiger partial charge on any atom is -0.469 e. The first kappa shape index (κ1) is 15.3. The van der Waals surface area contributed by atoms with Gasteiger partial charge in [0.25, 0.3) is 0 Å². The average molecular weight is 321 g/mol. The highest BCUT2D eigenvalue weighted by Crippen LogP contribution is 2.27. The molecule has 1 fully saturated rings. The Morgan fingerprint density at radius 2 is 2.41 bits per heavy atom. The van der Waals surface area contributed by atoms with E-state index >= 15 is 0 Å². The summed E-state index contributed by atoms with van der Waals surface area (Å²) in [7, 11) is 1.41. The van der Waals surface area contributed by atoms with Gasteiger partial charge in [-0.15, -0.1) is 11.8 Å². The second-order valence-electron chi connectivity index (χ2n) is 5.17. The molecule has 0 spiro atoms. The molecule has 22 heavy (non-hydrogen) atoms. The molecule has 0 aliphatic carbocycles. The molecule has 0 aromatic carbocycles. The number of pyridine rings is 1. The predicted octanol–water partition coefficient (Wildman–Crippen LogP) is 2.79. The predicted molar refractivity (Wildman–Crippen MR) is 83.7 cm³/mol. The zero-order valence-electron chi connectivity index (χ0n) is 12.5. The molecule has 3 rings (SSSR count). The van der Waals surface area contributed by atoms with Crippen molar-refractivity contribution in [2.75, 3.05) is 19.5 Å². The largest absolute Gasteiger partial charge is 0.469 e. The lowest BCUT2D eigenvalue weighted by molar-refractivity contribution is -0.140. The summed E-state index contributed by atoms with van der Waals surface area (Å²) in [6.07, 6.45) is 7.30. The van der Waals surface area contributed by atoms with Crippen molar-refractivity contribution in [1.82, 2.24) is 14.8 Å². The van der Waals surface area contributed by atoms with E-state index in [0.717, 1.165) is 41.8 Å². The molecule has 7 heteroatoms. The number of carbonyl (C=O) groups excluding carboxylic acids is 1. The van der Waals surface area contributed by atoms with Gasteiger partial charge in [0.2, 0.25) is 0 Å². The Bertz CT molecular complexity index is 653. The lowest BCUT2D eigenvalue weighted by Gasteiger charge is -2.22. The normalized spacial score (nSPS) is 18.5. The molecule has 1 unspecified atom stereocenters. The molecule has 2 aromatic rings. The highest BCUT2D eigenvalue weighted by molar-refractivity contribution is 7.99. The first-order valence-electron chi connectivity index (χ1n) is 7.42. The third-order valence-electron chi connectivity index (χ3n) is 3.64. The molecule has 6 nitrogen and oxygen atoms in total. The first-order chi connectivity index (χ1) is 10.8. The van der Waals surface area contributed by atoms with Crippen LogP contribution < -0.4 is 0 Å². The molecule has 1 aliphatic heterocycles. The van der Waals surface area contributed by atoms with Crippen LogP contribution in [-0.4, -0.2) is 40.2 Å². The van der Waals surface area contributed by atoms with Gasteiger partial charge in [0, 0.05) is 28.8 Å². The number of thioether (sulfide) groups is 1. The Hall–Kier alpha value is -1.60. The standard InChI is InChI=1S/C15H19N3O3S/c1-20-14(19)5-7-22-12-8-11-9-17-18(15(11)16-10-12)13-4-2-3-6-21-13/h8-10,13H,2-7H2,1H3. The van der Waals surface area contributed by atoms with Crippen molar-refractivity contribution in [2.24, 2.45) is 0 Å². The highest BCUT2D eigenvalue weighted by Gasteiger charge is 2.19. The van der Waals surface area contributed by atoms with E-state index in [1.807, 2.05) is 17.1 Å². The summed E-state index contributed by atoms with van der Waals surface area (Å²) < 4.78 is 12.3. The van der Waals surface area contributed by atoms with Crippen LogP contribution in [0.2, 0.25) is 0 Å². The fourth-order valence-electron chi connectivity index (χ4n) is 2.48. The topological polar surface area (TPSA) is 66.2 Å². The van der Waals surface area contributed by atoms with Crippen LogP contribution in [0.3, 0.4) is 0 Å². The van der Waals surface area contributed by atoms with Crippen LogP contribution in [0.15, 0.2) is 23.4 Å². The Balaban J connectivity index is 1.70. The van der Waals surface area contributed by atoms with Crippen LogP contribution in [0.1, 0.15) is 31.9 Å². The zero-order chi connectivity index (χ0) is 15.4. The zero-order valence-corrected chi connectivity index (χ0v) is 13.3. The lowest BCUT2D eigenvalue weighted by Crippen LogP contribution is -2.19. The Morgan fingerprint density at radius 3 is 3.18 bits per heavy atom. The molecule has 1 saturated heterocycles. The molecule has 2 aromatic heterocycles. The Kier molecular flexibility index (Phi) is 4.94. The van der Waals surface area contributed by atoms with Crippen molar-refractivity contribution in [1.29, 1.82) is 0 Å². The quantitative estimate of drug-likeness (QED) is 0.623. The maximum Gasteiger partial charge on any atom is 0.306 e. The molecular weight excluding hydrogens is 302 g/mol. The van der Waals surface area contributed by atoms with E-state index < -0.39 is 0 Å². The fourth-order valence-corrected chi connectivity index (χ4v) is 3.32. The van der Waals surface area contributed by atoms with Gasteiger partial charge in [-0.25, -0.2) is 9.67 Å². The van der Waals surface area contributed by atoms with Crippen molar-refractivity contribution in [3.63, 3.8) is 0 Å². The number of ether oxygens (including phenoxy) is 2. The maximum absolute atomic E-state index is 11.1. The second-order valence-corrected chi connectivity index (χ2v) is 6.34. The summed E-state index contributed by atoms with van der Waals surface area (Å²) in [6.45, 7) is 0.785. The van der Waals surface area contributed by atoms with E-state index in [1.54, 1.807) is 11.8 Å². The SMILES string of the molecule is COC(=O)CCSc1cnc2c(cnn2C2CCCCO2)c1. The molecule has 1 atom stereocenters. The summed E-state index contributed by atoms with van der Waals surface area (Å²) in [6, 6.07) is 2.05. The molecule has 0 N–H and O–H groups in total. The highest BCUT2D eigenvalue weighted by atomic mass is 32.2. The van der Waals surface area contributed by atoms with Crippen molar-refractivity contribution in [3.05, 3.63) is 18.5 Å². The van der Waals surface area contributed by atoms with Crippen LogP contribution in [0, 0.1) is 0 Å². The minimum absolute atomic E-state index is 0.00317. The van der Waals surface area contributed by atoms with Gasteiger partial charge in [-0.2, -0.15) is 5.10 Å². The molecule has 0 saturated carbocycles. The van der Waals surface area contributed by atoms with Crippen LogP contribution >= 0.6 is 11.8 Å². The van der Waals surface area contributed by atoms with Crippen molar-refractivity contribution >= 4 is 28.8 Å². The van der Waals surface area contributed by atoms with E-state index in [2.05, 4.69) is 20.9 Å². The monoisotopic (exact) mass is 321 g/mol. The summed E-state index contributed by atoms with van der Waals surface area (Å²) in [5.41, 5.74) is 0.851. The van der Waals surface area contributed by atoms with Gasteiger partial charge >= 0.3 is 5.97 Å². The van der Waals surface area contributed by atoms with E-state index in [0.29, 0.717) is 12.2 Å². The summed E-state index contributed by atoms with van der Waals surface area (Å²) in [5.74, 6) is 0.489. The van der Waals surface area contributed by atoms with Gasteiger partial charge in [-0.05, 0) is 25.3 Å². The van der Waals surface area contributed by atoms with Crippen LogP contribution in [0.25, 0.3) is 11.0 Å². The molecule has 0 radical (unpaired) electrons. The number of hydrogen-bond donors (Lipinski definition) is 0. The number of fused-ring (bicyclic) bond motifs is 1. The first-order valence-corrected chi connectivity index (χ1v) is 8.41. The lowest BCUT2D eigenvalue weighted by atomic mass is 10.2. The van der Waals surface area contributed by atoms with E-state index in [9.17, 15) is 4.79 Å². The van der Waals surface area contributed by atoms with Crippen molar-refractivity contribution < 1.29 is 14.3 Å². The fraction of sp³-hybridized carbons (Fsp3) is 0.533. The molecule has 3 heterocycles. The van der Waals surface area contributed by atoms with Crippen molar-refractivity contribution in [3.8, 4) is 0 Å². The summed E-state index contributed by atoms with van der Waals surface area (Å²) >= 11 is 1.59. The maximum atomic E-state index is 11.1. The molecular formula is C15H19N3O3S. The number of esters is 1. The van der Waals surface area contributed by atoms with E-state index in [1.165, 1.54) is 7.11 Å². The van der Waals surface area contributed by atoms with Gasteiger partial charge in [0.1, 0.15) is 0 Å². The molecule has 1 aliphatic rings. The minimum atomic E-state index is -0.191. The third-order valence-corrected chi connectivity index (χ3v) is 4.60. The molecule has 0 bridgehead atoms. The molecule has 0 amide bonds. The number of carbonyl (C=O) groups is 1. The van der Waals surface area contributed by atoms with Gasteiger partial charge in [0.15, 0.2) is 11.9 Å². The number of rotatable bonds is 5. The number of hydrogen-bond acceptors (Lipinski definition) is 6. The second kappa shape index (κ2) is 7.11. The van der Waals surface area contributed by atoms with Crippen LogP contribution in [0.4, 0.5) is 0 Å². The number of aromatic nitrogens is 3. The van der Waals surface area contributed by atoms with Crippen LogP contribution in [-0.2, 0) is 14.3 Å². The third kappa shape index (κ3) is 3.41. The van der Waals surface area contributed by atoms with Crippen molar-refractivity contribution in [2.45, 2.75) is 36.8 Å². The number of nitrogens with zero attached hydrogens (tertiary/aromatic N) is 3. The smallest absolute Gasteiger partial charge is 0.306 e. The van der Waals surface area contributed by atoms with E-state index in [-0.39, 0.29) is 12.2 Å². The average Bonchev–Trinajstić information content (AvgIpc) is 2.98. The Labute approximate surface area is 133 Å². The summed E-state index contributed by atoms with van der Waals surface area (Å²) in [4.78, 5) is 16.7. The molecule has 118 valence electrons. The Morgan fingerprint density at radius 1 is 1.50 bits per heavy atom. The van der Waals surface area contributed by atoms with Gasteiger partial charge in [0.05, 0.1) is 19.7 Å². The van der Waals surface area contributed by atoms with Gasteiger partial charge < -0.3 is 9.47 Å². The number of methoxy groups -OCH3 is 1. The van der Waals surface area contributed by atoms with E-state index in [4.69, 9.17) is 4.74 Å².